The zero-order valence-corrected chi connectivity index (χ0v) is 15.6. The van der Waals surface area contributed by atoms with Gasteiger partial charge in [0.05, 0.1) is 27.0 Å². The first-order chi connectivity index (χ1) is 12.2. The first-order valence-electron chi connectivity index (χ1n) is 8.35. The lowest BCUT2D eigenvalue weighted by Gasteiger charge is -2.20. The number of hydrogen-bond acceptors (Lipinski definition) is 5. The average molecular weight is 342 g/mol. The Balaban J connectivity index is 2.24. The SMILES string of the molecule is CCN(CC)c1ccc(N=Cc2cc(OC)c(OC)c(OC)c2)cc1. The molecular weight excluding hydrogens is 316 g/mol. The van der Waals surface area contributed by atoms with Crippen molar-refractivity contribution in [3.8, 4) is 17.2 Å². The van der Waals surface area contributed by atoms with Gasteiger partial charge in [0.25, 0.3) is 0 Å². The molecule has 0 aliphatic heterocycles. The van der Waals surface area contributed by atoms with E-state index in [1.54, 1.807) is 27.5 Å². The molecule has 0 saturated carbocycles. The molecule has 0 aromatic heterocycles. The lowest BCUT2D eigenvalue weighted by Crippen LogP contribution is -2.21. The molecule has 0 N–H and O–H groups in total. The molecular formula is C20H26N2O3. The van der Waals surface area contributed by atoms with Crippen molar-refractivity contribution in [1.82, 2.24) is 0 Å². The maximum absolute atomic E-state index is 5.37. The van der Waals surface area contributed by atoms with Crippen LogP contribution in [0.2, 0.25) is 0 Å². The molecule has 2 rings (SSSR count). The molecule has 0 spiro atoms. The highest BCUT2D eigenvalue weighted by atomic mass is 16.5. The first kappa shape index (κ1) is 18.6. The number of rotatable bonds is 8. The Bertz CT molecular complexity index is 682. The van der Waals surface area contributed by atoms with Crippen molar-refractivity contribution in [3.63, 3.8) is 0 Å². The highest BCUT2D eigenvalue weighted by molar-refractivity contribution is 5.84. The fourth-order valence-corrected chi connectivity index (χ4v) is 2.66. The molecule has 2 aromatic rings. The molecule has 0 heterocycles. The van der Waals surface area contributed by atoms with E-state index in [1.807, 2.05) is 24.3 Å². The van der Waals surface area contributed by atoms with Gasteiger partial charge in [-0.05, 0) is 50.2 Å². The summed E-state index contributed by atoms with van der Waals surface area (Å²) in [4.78, 5) is 6.84. The van der Waals surface area contributed by atoms with E-state index in [-0.39, 0.29) is 0 Å². The van der Waals surface area contributed by atoms with Crippen LogP contribution < -0.4 is 19.1 Å². The van der Waals surface area contributed by atoms with E-state index < -0.39 is 0 Å². The number of anilines is 1. The minimum atomic E-state index is 0.575. The number of aliphatic imine (C=N–C) groups is 1. The Kier molecular flexibility index (Phi) is 6.69. The number of methoxy groups -OCH3 is 3. The molecule has 25 heavy (non-hydrogen) atoms. The van der Waals surface area contributed by atoms with Gasteiger partial charge in [-0.2, -0.15) is 0 Å². The molecule has 0 amide bonds. The monoisotopic (exact) mass is 342 g/mol. The van der Waals surface area contributed by atoms with Crippen LogP contribution in [0.3, 0.4) is 0 Å². The minimum Gasteiger partial charge on any atom is -0.493 e. The number of ether oxygens (including phenoxy) is 3. The van der Waals surface area contributed by atoms with Gasteiger partial charge >= 0.3 is 0 Å². The molecule has 0 radical (unpaired) electrons. The van der Waals surface area contributed by atoms with Gasteiger partial charge in [-0.3, -0.25) is 4.99 Å². The van der Waals surface area contributed by atoms with Gasteiger partial charge in [0.1, 0.15) is 0 Å². The fourth-order valence-electron chi connectivity index (χ4n) is 2.66. The second-order valence-electron chi connectivity index (χ2n) is 5.41. The average Bonchev–Trinajstić information content (AvgIpc) is 2.67. The Morgan fingerprint density at radius 2 is 1.44 bits per heavy atom. The van der Waals surface area contributed by atoms with Crippen LogP contribution in [0.25, 0.3) is 0 Å². The van der Waals surface area contributed by atoms with E-state index >= 15 is 0 Å². The molecule has 0 aliphatic carbocycles. The van der Waals surface area contributed by atoms with Gasteiger partial charge in [-0.25, -0.2) is 0 Å². The predicted octanol–water partition coefficient (Wildman–Crippen LogP) is 4.31. The number of nitrogens with zero attached hydrogens (tertiary/aromatic N) is 2. The summed E-state index contributed by atoms with van der Waals surface area (Å²) in [5, 5.41) is 0. The summed E-state index contributed by atoms with van der Waals surface area (Å²) in [6.07, 6.45) is 1.79. The molecule has 134 valence electrons. The maximum atomic E-state index is 5.37. The van der Waals surface area contributed by atoms with Gasteiger partial charge in [-0.1, -0.05) is 0 Å². The number of benzene rings is 2. The summed E-state index contributed by atoms with van der Waals surface area (Å²) in [7, 11) is 4.79. The van der Waals surface area contributed by atoms with Gasteiger partial charge < -0.3 is 19.1 Å². The van der Waals surface area contributed by atoms with Crippen LogP contribution in [0.5, 0.6) is 17.2 Å². The van der Waals surface area contributed by atoms with Crippen LogP contribution in [0.15, 0.2) is 41.4 Å². The Hall–Kier alpha value is -2.69. The molecule has 0 fully saturated rings. The van der Waals surface area contributed by atoms with E-state index in [0.29, 0.717) is 17.2 Å². The van der Waals surface area contributed by atoms with E-state index in [0.717, 1.165) is 24.3 Å². The number of hydrogen-bond donors (Lipinski definition) is 0. The van der Waals surface area contributed by atoms with Crippen molar-refractivity contribution in [2.24, 2.45) is 4.99 Å². The Morgan fingerprint density at radius 3 is 1.88 bits per heavy atom. The third-order valence-electron chi connectivity index (χ3n) is 4.03. The molecule has 0 bridgehead atoms. The molecule has 5 heteroatoms. The van der Waals surface area contributed by atoms with Crippen molar-refractivity contribution in [1.29, 1.82) is 0 Å². The summed E-state index contributed by atoms with van der Waals surface area (Å²) in [5.41, 5.74) is 2.98. The second-order valence-corrected chi connectivity index (χ2v) is 5.41. The smallest absolute Gasteiger partial charge is 0.203 e. The van der Waals surface area contributed by atoms with Crippen molar-refractivity contribution < 1.29 is 14.2 Å². The van der Waals surface area contributed by atoms with Crippen LogP contribution >= 0.6 is 0 Å². The third kappa shape index (κ3) is 4.44. The van der Waals surface area contributed by atoms with Gasteiger partial charge in [-0.15, -0.1) is 0 Å². The lowest BCUT2D eigenvalue weighted by molar-refractivity contribution is 0.324. The van der Waals surface area contributed by atoms with Gasteiger partial charge in [0.2, 0.25) is 5.75 Å². The van der Waals surface area contributed by atoms with Gasteiger partial charge in [0, 0.05) is 30.6 Å². The van der Waals surface area contributed by atoms with E-state index in [1.165, 1.54) is 5.69 Å². The summed E-state index contributed by atoms with van der Waals surface area (Å²) in [6, 6.07) is 12.0. The predicted molar refractivity (Wildman–Crippen MR) is 103 cm³/mol. The highest BCUT2D eigenvalue weighted by Gasteiger charge is 2.12. The topological polar surface area (TPSA) is 43.3 Å². The van der Waals surface area contributed by atoms with Crippen LogP contribution in [0.1, 0.15) is 19.4 Å². The maximum Gasteiger partial charge on any atom is 0.203 e. The van der Waals surface area contributed by atoms with Gasteiger partial charge in [0.15, 0.2) is 11.5 Å². The summed E-state index contributed by atoms with van der Waals surface area (Å²) in [6.45, 7) is 6.29. The van der Waals surface area contributed by atoms with Crippen molar-refractivity contribution in [3.05, 3.63) is 42.0 Å². The molecule has 0 unspecified atom stereocenters. The zero-order chi connectivity index (χ0) is 18.2. The van der Waals surface area contributed by atoms with Crippen LogP contribution in [0.4, 0.5) is 11.4 Å². The van der Waals surface area contributed by atoms with Crippen molar-refractivity contribution in [2.45, 2.75) is 13.8 Å². The Morgan fingerprint density at radius 1 is 0.880 bits per heavy atom. The second kappa shape index (κ2) is 8.97. The normalized spacial score (nSPS) is 10.8. The fraction of sp³-hybridized carbons (Fsp3) is 0.350. The molecule has 2 aromatic carbocycles. The molecule has 0 atom stereocenters. The zero-order valence-electron chi connectivity index (χ0n) is 15.6. The lowest BCUT2D eigenvalue weighted by atomic mass is 10.2. The summed E-state index contributed by atoms with van der Waals surface area (Å²) >= 11 is 0. The first-order valence-corrected chi connectivity index (χ1v) is 8.35. The minimum absolute atomic E-state index is 0.575. The highest BCUT2D eigenvalue weighted by Crippen LogP contribution is 2.37. The van der Waals surface area contributed by atoms with E-state index in [2.05, 4.69) is 35.9 Å². The standard InChI is InChI=1S/C20H26N2O3/c1-6-22(7-2)17-10-8-16(9-11-17)21-14-15-12-18(23-3)20(25-5)19(13-15)24-4/h8-14H,6-7H2,1-5H3. The van der Waals surface area contributed by atoms with Crippen molar-refractivity contribution in [2.75, 3.05) is 39.3 Å². The Labute approximate surface area is 149 Å². The van der Waals surface area contributed by atoms with Crippen LogP contribution in [-0.4, -0.2) is 40.6 Å². The van der Waals surface area contributed by atoms with Crippen LogP contribution in [-0.2, 0) is 0 Å². The molecule has 5 nitrogen and oxygen atoms in total. The van der Waals surface area contributed by atoms with E-state index in [9.17, 15) is 0 Å². The molecule has 0 saturated heterocycles. The molecule has 0 aliphatic rings. The third-order valence-corrected chi connectivity index (χ3v) is 4.03. The largest absolute Gasteiger partial charge is 0.493 e. The summed E-state index contributed by atoms with van der Waals surface area (Å²) in [5.74, 6) is 1.80. The summed E-state index contributed by atoms with van der Waals surface area (Å²) < 4.78 is 16.1. The van der Waals surface area contributed by atoms with E-state index in [4.69, 9.17) is 14.2 Å². The van der Waals surface area contributed by atoms with Crippen molar-refractivity contribution >= 4 is 17.6 Å². The van der Waals surface area contributed by atoms with Crippen LogP contribution in [0, 0.1) is 0 Å². The quantitative estimate of drug-likeness (QED) is 0.671.